The summed E-state index contributed by atoms with van der Waals surface area (Å²) in [5.41, 5.74) is 0. The Morgan fingerprint density at radius 2 is 2.12 bits per heavy atom. The summed E-state index contributed by atoms with van der Waals surface area (Å²) in [7, 11) is 0. The molecule has 0 radical (unpaired) electrons. The first-order chi connectivity index (χ1) is 8.25. The van der Waals surface area contributed by atoms with E-state index in [1.807, 2.05) is 6.07 Å². The minimum absolute atomic E-state index is 0.651. The second-order valence-electron chi connectivity index (χ2n) is 4.31. The van der Waals surface area contributed by atoms with Crippen LogP contribution in [-0.2, 0) is 0 Å². The van der Waals surface area contributed by atoms with Crippen molar-refractivity contribution < 1.29 is 0 Å². The fourth-order valence-corrected chi connectivity index (χ4v) is 2.84. The van der Waals surface area contributed by atoms with Gasteiger partial charge in [-0.05, 0) is 47.9 Å². The van der Waals surface area contributed by atoms with Crippen molar-refractivity contribution in [3.63, 3.8) is 0 Å². The summed E-state index contributed by atoms with van der Waals surface area (Å²) < 4.78 is 0.920. The number of halogens is 2. The van der Waals surface area contributed by atoms with Crippen LogP contribution >= 0.6 is 27.5 Å². The Kier molecular flexibility index (Phi) is 5.07. The lowest BCUT2D eigenvalue weighted by molar-refractivity contribution is 0.237. The quantitative estimate of drug-likeness (QED) is 0.922. The molecule has 17 heavy (non-hydrogen) atoms. The molecule has 0 bridgehead atoms. The van der Waals surface area contributed by atoms with Gasteiger partial charge >= 0.3 is 0 Å². The Bertz CT molecular complexity index is 367. The average molecular weight is 319 g/mol. The number of piperidine rings is 1. The minimum atomic E-state index is 0.651. The van der Waals surface area contributed by atoms with Crippen molar-refractivity contribution >= 4 is 33.3 Å². The second-order valence-corrected chi connectivity index (χ2v) is 5.60. The Morgan fingerprint density at radius 1 is 1.35 bits per heavy atom. The lowest BCUT2D eigenvalue weighted by Gasteiger charge is -2.26. The molecule has 0 unspecified atom stereocenters. The third-order valence-electron chi connectivity index (χ3n) is 2.98. The van der Waals surface area contributed by atoms with Gasteiger partial charge in [-0.25, -0.2) is 4.98 Å². The Hall–Kier alpha value is -0.320. The Morgan fingerprint density at radius 3 is 2.82 bits per heavy atom. The fraction of sp³-hybridized carbons (Fsp3) is 0.583. The van der Waals surface area contributed by atoms with E-state index in [0.717, 1.165) is 23.4 Å². The highest BCUT2D eigenvalue weighted by Crippen LogP contribution is 2.22. The van der Waals surface area contributed by atoms with Crippen LogP contribution in [-0.4, -0.2) is 36.1 Å². The summed E-state index contributed by atoms with van der Waals surface area (Å²) in [5, 5.41) is 3.98. The van der Waals surface area contributed by atoms with Gasteiger partial charge in [0.05, 0.1) is 9.50 Å². The van der Waals surface area contributed by atoms with Crippen LogP contribution in [0.3, 0.4) is 0 Å². The number of nitrogens with one attached hydrogen (secondary N) is 1. The van der Waals surface area contributed by atoms with Crippen molar-refractivity contribution in [3.8, 4) is 0 Å². The molecule has 0 aliphatic carbocycles. The normalized spacial score (nSPS) is 17.1. The number of hydrogen-bond acceptors (Lipinski definition) is 3. The van der Waals surface area contributed by atoms with Crippen molar-refractivity contribution in [1.29, 1.82) is 0 Å². The van der Waals surface area contributed by atoms with Crippen LogP contribution in [0.25, 0.3) is 0 Å². The van der Waals surface area contributed by atoms with Gasteiger partial charge in [-0.2, -0.15) is 0 Å². The molecule has 3 nitrogen and oxygen atoms in total. The van der Waals surface area contributed by atoms with Crippen LogP contribution in [0.1, 0.15) is 19.3 Å². The summed E-state index contributed by atoms with van der Waals surface area (Å²) in [6.07, 6.45) is 5.72. The first-order valence-electron chi connectivity index (χ1n) is 6.03. The first-order valence-corrected chi connectivity index (χ1v) is 7.20. The van der Waals surface area contributed by atoms with Crippen LogP contribution in [0, 0.1) is 0 Å². The molecule has 0 aromatic carbocycles. The van der Waals surface area contributed by atoms with E-state index in [2.05, 4.69) is 31.1 Å². The standard InChI is InChI=1S/C12H17BrClN3/c13-11-8-10(14)9-16-12(11)15-4-7-17-5-2-1-3-6-17/h8-9H,1-7H2,(H,15,16). The SMILES string of the molecule is Clc1cnc(NCCN2CCCCC2)c(Br)c1. The third-order valence-corrected chi connectivity index (χ3v) is 3.79. The van der Waals surface area contributed by atoms with E-state index in [9.17, 15) is 0 Å². The predicted molar refractivity (Wildman–Crippen MR) is 75.7 cm³/mol. The molecule has 1 fully saturated rings. The van der Waals surface area contributed by atoms with Gasteiger partial charge in [-0.15, -0.1) is 0 Å². The van der Waals surface area contributed by atoms with Gasteiger partial charge in [-0.1, -0.05) is 18.0 Å². The first kappa shape index (κ1) is 13.1. The summed E-state index contributed by atoms with van der Waals surface area (Å²) in [5.74, 6) is 0.867. The van der Waals surface area contributed by atoms with E-state index in [1.165, 1.54) is 32.4 Å². The van der Waals surface area contributed by atoms with Gasteiger partial charge in [0.1, 0.15) is 5.82 Å². The van der Waals surface area contributed by atoms with Crippen molar-refractivity contribution in [2.45, 2.75) is 19.3 Å². The van der Waals surface area contributed by atoms with Crippen LogP contribution in [0.5, 0.6) is 0 Å². The lowest BCUT2D eigenvalue weighted by Crippen LogP contribution is -2.33. The maximum Gasteiger partial charge on any atom is 0.140 e. The zero-order valence-corrected chi connectivity index (χ0v) is 12.1. The highest BCUT2D eigenvalue weighted by Gasteiger charge is 2.09. The Balaban J connectivity index is 1.77. The van der Waals surface area contributed by atoms with Crippen molar-refractivity contribution in [2.75, 3.05) is 31.5 Å². The molecule has 0 spiro atoms. The summed E-state index contributed by atoms with van der Waals surface area (Å²) in [6.45, 7) is 4.47. The van der Waals surface area contributed by atoms with Crippen LogP contribution in [0.2, 0.25) is 5.02 Å². The summed E-state index contributed by atoms with van der Waals surface area (Å²) in [6, 6.07) is 1.86. The van der Waals surface area contributed by atoms with Crippen LogP contribution in [0.4, 0.5) is 5.82 Å². The monoisotopic (exact) mass is 317 g/mol. The number of anilines is 1. The maximum atomic E-state index is 5.84. The number of hydrogen-bond donors (Lipinski definition) is 1. The molecule has 1 aromatic rings. The topological polar surface area (TPSA) is 28.2 Å². The molecule has 0 atom stereocenters. The Labute approximate surface area is 116 Å². The van der Waals surface area contributed by atoms with Crippen LogP contribution < -0.4 is 5.32 Å². The second kappa shape index (κ2) is 6.57. The summed E-state index contributed by atoms with van der Waals surface area (Å²) in [4.78, 5) is 6.75. The highest BCUT2D eigenvalue weighted by atomic mass is 79.9. The fourth-order valence-electron chi connectivity index (χ4n) is 2.06. The zero-order chi connectivity index (χ0) is 12.1. The smallest absolute Gasteiger partial charge is 0.140 e. The van der Waals surface area contributed by atoms with Gasteiger partial charge in [0.2, 0.25) is 0 Å². The molecule has 0 amide bonds. The van der Waals surface area contributed by atoms with Gasteiger partial charge in [0, 0.05) is 19.3 Å². The lowest BCUT2D eigenvalue weighted by atomic mass is 10.1. The average Bonchev–Trinajstić information content (AvgIpc) is 2.33. The van der Waals surface area contributed by atoms with Crippen LogP contribution in [0.15, 0.2) is 16.7 Å². The van der Waals surface area contributed by atoms with E-state index >= 15 is 0 Å². The molecule has 0 saturated carbocycles. The molecular weight excluding hydrogens is 302 g/mol. The third kappa shape index (κ3) is 4.12. The molecule has 5 heteroatoms. The van der Waals surface area contributed by atoms with Crippen molar-refractivity contribution in [3.05, 3.63) is 21.8 Å². The van der Waals surface area contributed by atoms with Crippen molar-refractivity contribution in [1.82, 2.24) is 9.88 Å². The van der Waals surface area contributed by atoms with E-state index in [4.69, 9.17) is 11.6 Å². The molecule has 1 saturated heterocycles. The molecule has 2 heterocycles. The largest absolute Gasteiger partial charge is 0.368 e. The number of pyridine rings is 1. The van der Waals surface area contributed by atoms with Gasteiger partial charge in [0.15, 0.2) is 0 Å². The van der Waals surface area contributed by atoms with E-state index in [-0.39, 0.29) is 0 Å². The molecule has 1 N–H and O–H groups in total. The van der Waals surface area contributed by atoms with Gasteiger partial charge < -0.3 is 10.2 Å². The molecule has 1 aromatic heterocycles. The molecule has 1 aliphatic rings. The summed E-state index contributed by atoms with van der Waals surface area (Å²) >= 11 is 9.29. The highest BCUT2D eigenvalue weighted by molar-refractivity contribution is 9.10. The molecule has 1 aliphatic heterocycles. The number of aromatic nitrogens is 1. The zero-order valence-electron chi connectivity index (χ0n) is 9.75. The van der Waals surface area contributed by atoms with Crippen molar-refractivity contribution in [2.24, 2.45) is 0 Å². The number of nitrogens with zero attached hydrogens (tertiary/aromatic N) is 2. The van der Waals surface area contributed by atoms with Gasteiger partial charge in [-0.3, -0.25) is 0 Å². The van der Waals surface area contributed by atoms with E-state index in [1.54, 1.807) is 6.20 Å². The molecular formula is C12H17BrClN3. The number of rotatable bonds is 4. The minimum Gasteiger partial charge on any atom is -0.368 e. The molecule has 94 valence electrons. The maximum absolute atomic E-state index is 5.84. The van der Waals surface area contributed by atoms with E-state index in [0.29, 0.717) is 5.02 Å². The van der Waals surface area contributed by atoms with Gasteiger partial charge in [0.25, 0.3) is 0 Å². The molecule has 2 rings (SSSR count). The van der Waals surface area contributed by atoms with E-state index < -0.39 is 0 Å². The number of likely N-dealkylation sites (tertiary alicyclic amines) is 1. The predicted octanol–water partition coefficient (Wildman–Crippen LogP) is 3.40.